The van der Waals surface area contributed by atoms with Crippen molar-refractivity contribution in [1.29, 1.82) is 0 Å². The fourth-order valence-electron chi connectivity index (χ4n) is 2.27. The summed E-state index contributed by atoms with van der Waals surface area (Å²) in [6.45, 7) is 1.60. The van der Waals surface area contributed by atoms with E-state index in [-0.39, 0.29) is 17.4 Å². The number of benzene rings is 2. The lowest BCUT2D eigenvalue weighted by atomic mass is 10.1. The molecule has 0 unspecified atom stereocenters. The van der Waals surface area contributed by atoms with E-state index >= 15 is 0 Å². The third kappa shape index (κ3) is 5.27. The lowest BCUT2D eigenvalue weighted by molar-refractivity contribution is -0.139. The molecular weight excluding hydrogens is 354 g/mol. The molecule has 0 aromatic heterocycles. The van der Waals surface area contributed by atoms with E-state index in [1.165, 1.54) is 32.4 Å². The van der Waals surface area contributed by atoms with E-state index in [2.05, 4.69) is 5.32 Å². The molecule has 1 amide bonds. The smallest absolute Gasteiger partial charge is 0.341 e. The van der Waals surface area contributed by atoms with Crippen LogP contribution < -0.4 is 24.3 Å². The Morgan fingerprint density at radius 2 is 1.74 bits per heavy atom. The Bertz CT molecular complexity index is 820. The van der Waals surface area contributed by atoms with E-state index in [0.29, 0.717) is 29.4 Å². The summed E-state index contributed by atoms with van der Waals surface area (Å²) < 4.78 is 21.0. The highest BCUT2D eigenvalue weighted by atomic mass is 16.5. The van der Waals surface area contributed by atoms with Crippen LogP contribution in [-0.2, 0) is 4.79 Å². The highest BCUT2D eigenvalue weighted by molar-refractivity contribution is 6.05. The SMILES string of the molecule is CCOc1cc(C(=O)Nc2ccc(OC)cc2OC)ccc1OCC(=O)O. The van der Waals surface area contributed by atoms with Crippen LogP contribution >= 0.6 is 0 Å². The Kier molecular flexibility index (Phi) is 6.87. The minimum atomic E-state index is -1.11. The van der Waals surface area contributed by atoms with Crippen molar-refractivity contribution in [3.63, 3.8) is 0 Å². The molecule has 0 saturated carbocycles. The van der Waals surface area contributed by atoms with Crippen LogP contribution in [0.1, 0.15) is 17.3 Å². The Balaban J connectivity index is 2.23. The number of anilines is 1. The number of aliphatic carboxylic acids is 1. The molecule has 0 radical (unpaired) electrons. The van der Waals surface area contributed by atoms with Crippen molar-refractivity contribution < 1.29 is 33.6 Å². The molecule has 0 aliphatic rings. The van der Waals surface area contributed by atoms with Gasteiger partial charge < -0.3 is 29.4 Å². The lowest BCUT2D eigenvalue weighted by Crippen LogP contribution is -2.14. The summed E-state index contributed by atoms with van der Waals surface area (Å²) in [5, 5.41) is 11.5. The highest BCUT2D eigenvalue weighted by Gasteiger charge is 2.15. The lowest BCUT2D eigenvalue weighted by Gasteiger charge is -2.14. The maximum absolute atomic E-state index is 12.6. The van der Waals surface area contributed by atoms with Gasteiger partial charge in [0.25, 0.3) is 5.91 Å². The second kappa shape index (κ2) is 9.33. The van der Waals surface area contributed by atoms with Crippen molar-refractivity contribution in [2.24, 2.45) is 0 Å². The number of carbonyl (C=O) groups is 2. The van der Waals surface area contributed by atoms with E-state index in [1.54, 1.807) is 25.1 Å². The fourth-order valence-corrected chi connectivity index (χ4v) is 2.27. The van der Waals surface area contributed by atoms with Crippen LogP contribution in [-0.4, -0.2) is 44.4 Å². The van der Waals surface area contributed by atoms with E-state index in [9.17, 15) is 9.59 Å². The first-order valence-electron chi connectivity index (χ1n) is 8.13. The van der Waals surface area contributed by atoms with E-state index in [0.717, 1.165) is 0 Å². The fraction of sp³-hybridized carbons (Fsp3) is 0.263. The molecule has 0 saturated heterocycles. The Labute approximate surface area is 156 Å². The largest absolute Gasteiger partial charge is 0.497 e. The number of rotatable bonds is 9. The Morgan fingerprint density at radius 3 is 2.37 bits per heavy atom. The molecule has 8 heteroatoms. The summed E-state index contributed by atoms with van der Waals surface area (Å²) in [6, 6.07) is 9.53. The third-order valence-electron chi connectivity index (χ3n) is 3.51. The molecule has 0 spiro atoms. The maximum Gasteiger partial charge on any atom is 0.341 e. The molecule has 2 aromatic rings. The van der Waals surface area contributed by atoms with Gasteiger partial charge >= 0.3 is 5.97 Å². The van der Waals surface area contributed by atoms with Crippen LogP contribution in [0.3, 0.4) is 0 Å². The Hall–Kier alpha value is -3.42. The predicted octanol–water partition coefficient (Wildman–Crippen LogP) is 2.82. The van der Waals surface area contributed by atoms with Gasteiger partial charge in [0.15, 0.2) is 18.1 Å². The van der Waals surface area contributed by atoms with Crippen molar-refractivity contribution in [3.05, 3.63) is 42.0 Å². The van der Waals surface area contributed by atoms with Crippen molar-refractivity contribution in [2.75, 3.05) is 32.8 Å². The van der Waals surface area contributed by atoms with Gasteiger partial charge in [-0.1, -0.05) is 0 Å². The number of amides is 1. The third-order valence-corrected chi connectivity index (χ3v) is 3.51. The minimum absolute atomic E-state index is 0.248. The molecule has 2 rings (SSSR count). The number of carbonyl (C=O) groups excluding carboxylic acids is 1. The molecular formula is C19H21NO7. The minimum Gasteiger partial charge on any atom is -0.497 e. The van der Waals surface area contributed by atoms with Gasteiger partial charge in [-0.3, -0.25) is 4.79 Å². The molecule has 2 aromatic carbocycles. The van der Waals surface area contributed by atoms with Crippen LogP contribution in [0.25, 0.3) is 0 Å². The average Bonchev–Trinajstić information content (AvgIpc) is 2.67. The number of methoxy groups -OCH3 is 2. The van der Waals surface area contributed by atoms with Gasteiger partial charge in [-0.25, -0.2) is 4.79 Å². The zero-order chi connectivity index (χ0) is 19.8. The van der Waals surface area contributed by atoms with Crippen molar-refractivity contribution in [2.45, 2.75) is 6.92 Å². The molecule has 0 atom stereocenters. The monoisotopic (exact) mass is 375 g/mol. The zero-order valence-corrected chi connectivity index (χ0v) is 15.3. The van der Waals surface area contributed by atoms with Crippen LogP contribution in [0.4, 0.5) is 5.69 Å². The molecule has 2 N–H and O–H groups in total. The number of carboxylic acids is 1. The zero-order valence-electron chi connectivity index (χ0n) is 15.3. The first-order valence-corrected chi connectivity index (χ1v) is 8.13. The molecule has 8 nitrogen and oxygen atoms in total. The summed E-state index contributed by atoms with van der Waals surface area (Å²) in [6.07, 6.45) is 0. The molecule has 144 valence electrons. The standard InChI is InChI=1S/C19H21NO7/c1-4-26-17-9-12(5-8-15(17)27-11-18(21)22)19(23)20-14-7-6-13(24-2)10-16(14)25-3/h5-10H,4,11H2,1-3H3,(H,20,23)(H,21,22). The quantitative estimate of drug-likeness (QED) is 0.694. The highest BCUT2D eigenvalue weighted by Crippen LogP contribution is 2.31. The second-order valence-electron chi connectivity index (χ2n) is 5.30. The summed E-state index contributed by atoms with van der Waals surface area (Å²) in [4.78, 5) is 23.3. The average molecular weight is 375 g/mol. The number of hydrogen-bond donors (Lipinski definition) is 2. The number of carboxylic acid groups (broad SMARTS) is 1. The molecule has 0 heterocycles. The summed E-state index contributed by atoms with van der Waals surface area (Å²) in [7, 11) is 3.03. The summed E-state index contributed by atoms with van der Waals surface area (Å²) in [5.74, 6) is 0.0959. The molecule has 0 aliphatic carbocycles. The van der Waals surface area contributed by atoms with Crippen LogP contribution in [0.5, 0.6) is 23.0 Å². The van der Waals surface area contributed by atoms with Gasteiger partial charge in [-0.2, -0.15) is 0 Å². The van der Waals surface area contributed by atoms with Crippen LogP contribution in [0.15, 0.2) is 36.4 Å². The van der Waals surface area contributed by atoms with Gasteiger partial charge in [-0.15, -0.1) is 0 Å². The van der Waals surface area contributed by atoms with Gasteiger partial charge in [0, 0.05) is 11.6 Å². The topological polar surface area (TPSA) is 103 Å². The summed E-state index contributed by atoms with van der Waals surface area (Å²) in [5.41, 5.74) is 0.798. The second-order valence-corrected chi connectivity index (χ2v) is 5.30. The van der Waals surface area contributed by atoms with Crippen molar-refractivity contribution in [1.82, 2.24) is 0 Å². The van der Waals surface area contributed by atoms with Gasteiger partial charge in [-0.05, 0) is 37.3 Å². The predicted molar refractivity (Wildman–Crippen MR) is 98.2 cm³/mol. The van der Waals surface area contributed by atoms with Crippen molar-refractivity contribution in [3.8, 4) is 23.0 Å². The van der Waals surface area contributed by atoms with Gasteiger partial charge in [0.1, 0.15) is 11.5 Å². The van der Waals surface area contributed by atoms with Gasteiger partial charge in [0.2, 0.25) is 0 Å². The van der Waals surface area contributed by atoms with E-state index in [4.69, 9.17) is 24.1 Å². The number of hydrogen-bond acceptors (Lipinski definition) is 6. The van der Waals surface area contributed by atoms with E-state index in [1.807, 2.05) is 0 Å². The summed E-state index contributed by atoms with van der Waals surface area (Å²) >= 11 is 0. The number of ether oxygens (including phenoxy) is 4. The first-order chi connectivity index (χ1) is 13.0. The van der Waals surface area contributed by atoms with Crippen molar-refractivity contribution >= 4 is 17.6 Å². The van der Waals surface area contributed by atoms with Crippen LogP contribution in [0, 0.1) is 0 Å². The number of nitrogens with one attached hydrogen (secondary N) is 1. The first kappa shape index (κ1) is 19.9. The van der Waals surface area contributed by atoms with Crippen LogP contribution in [0.2, 0.25) is 0 Å². The molecule has 0 aliphatic heterocycles. The molecule has 0 bridgehead atoms. The van der Waals surface area contributed by atoms with E-state index < -0.39 is 12.6 Å². The molecule has 0 fully saturated rings. The van der Waals surface area contributed by atoms with Gasteiger partial charge in [0.05, 0.1) is 26.5 Å². The normalized spacial score (nSPS) is 10.0. The maximum atomic E-state index is 12.6. The molecule has 27 heavy (non-hydrogen) atoms. The Morgan fingerprint density at radius 1 is 0.963 bits per heavy atom.